The van der Waals surface area contributed by atoms with Gasteiger partial charge in [-0.05, 0) is 19.8 Å². The van der Waals surface area contributed by atoms with Gasteiger partial charge in [0.25, 0.3) is 5.91 Å². The van der Waals surface area contributed by atoms with Crippen LogP contribution in [-0.2, 0) is 4.79 Å². The number of aliphatic carboxylic acids is 1. The van der Waals surface area contributed by atoms with E-state index in [-0.39, 0.29) is 5.76 Å². The lowest BCUT2D eigenvalue weighted by Gasteiger charge is -2.28. The third kappa shape index (κ3) is 2.77. The molecule has 2 N–H and O–H groups in total. The molecule has 104 valence electrons. The van der Waals surface area contributed by atoms with Crippen molar-refractivity contribution in [2.75, 3.05) is 0 Å². The highest BCUT2D eigenvalue weighted by Gasteiger charge is 2.41. The van der Waals surface area contributed by atoms with Crippen LogP contribution in [0.2, 0.25) is 0 Å². The average Bonchev–Trinajstić information content (AvgIpc) is 2.64. The minimum atomic E-state index is -1.17. The zero-order chi connectivity index (χ0) is 13.9. The Hall–Kier alpha value is -1.85. The molecule has 1 amide bonds. The first kappa shape index (κ1) is 13.6. The topological polar surface area (TPSA) is 92.4 Å². The summed E-state index contributed by atoms with van der Waals surface area (Å²) in [5.74, 6) is -1.39. The van der Waals surface area contributed by atoms with E-state index in [0.29, 0.717) is 18.4 Å². The lowest BCUT2D eigenvalue weighted by molar-refractivity contribution is -0.145. The van der Waals surface area contributed by atoms with Gasteiger partial charge in [0.15, 0.2) is 0 Å². The third-order valence-electron chi connectivity index (χ3n) is 3.67. The molecule has 1 saturated carbocycles. The van der Waals surface area contributed by atoms with E-state index in [1.54, 1.807) is 6.92 Å². The molecule has 1 aliphatic carbocycles. The number of carbonyl (C=O) groups excluding carboxylic acids is 1. The molecule has 0 aliphatic heterocycles. The number of carboxylic acid groups (broad SMARTS) is 1. The van der Waals surface area contributed by atoms with Gasteiger partial charge in [-0.1, -0.05) is 30.8 Å². The van der Waals surface area contributed by atoms with Crippen LogP contribution in [0.1, 0.15) is 54.6 Å². The van der Waals surface area contributed by atoms with E-state index in [2.05, 4.69) is 10.5 Å². The second-order valence-electron chi connectivity index (χ2n) is 5.09. The van der Waals surface area contributed by atoms with Crippen LogP contribution in [0.4, 0.5) is 0 Å². The number of carbonyl (C=O) groups is 2. The zero-order valence-electron chi connectivity index (χ0n) is 10.9. The van der Waals surface area contributed by atoms with Crippen molar-refractivity contribution in [3.63, 3.8) is 0 Å². The summed E-state index contributed by atoms with van der Waals surface area (Å²) in [5.41, 5.74) is -0.570. The first-order valence-electron chi connectivity index (χ1n) is 6.52. The van der Waals surface area contributed by atoms with Crippen LogP contribution < -0.4 is 5.32 Å². The van der Waals surface area contributed by atoms with Gasteiger partial charge in [-0.2, -0.15) is 0 Å². The number of rotatable bonds is 3. The highest BCUT2D eigenvalue weighted by molar-refractivity contribution is 5.96. The van der Waals surface area contributed by atoms with Crippen molar-refractivity contribution in [3.8, 4) is 0 Å². The second kappa shape index (κ2) is 5.42. The van der Waals surface area contributed by atoms with E-state index < -0.39 is 17.4 Å². The van der Waals surface area contributed by atoms with Gasteiger partial charge in [-0.15, -0.1) is 0 Å². The minimum Gasteiger partial charge on any atom is -0.480 e. The summed E-state index contributed by atoms with van der Waals surface area (Å²) in [6, 6.07) is 0. The number of carboxylic acids is 1. The predicted molar refractivity (Wildman–Crippen MR) is 66.8 cm³/mol. The van der Waals surface area contributed by atoms with E-state index >= 15 is 0 Å². The summed E-state index contributed by atoms with van der Waals surface area (Å²) in [6.45, 7) is 1.70. The Morgan fingerprint density at radius 3 is 2.42 bits per heavy atom. The molecule has 1 fully saturated rings. The number of aryl methyl sites for hydroxylation is 1. The number of hydrogen-bond acceptors (Lipinski definition) is 4. The van der Waals surface area contributed by atoms with Crippen LogP contribution in [0.15, 0.2) is 10.7 Å². The smallest absolute Gasteiger partial charge is 0.329 e. The number of nitrogens with one attached hydrogen (secondary N) is 1. The van der Waals surface area contributed by atoms with E-state index in [4.69, 9.17) is 4.52 Å². The SMILES string of the molecule is Cc1cnoc1C(=O)NC1(C(=O)O)CCCCCC1. The summed E-state index contributed by atoms with van der Waals surface area (Å²) < 4.78 is 4.87. The normalized spacial score (nSPS) is 18.6. The Morgan fingerprint density at radius 1 is 1.32 bits per heavy atom. The second-order valence-corrected chi connectivity index (χ2v) is 5.09. The lowest BCUT2D eigenvalue weighted by atomic mass is 9.90. The molecule has 0 spiro atoms. The van der Waals surface area contributed by atoms with Crippen LogP contribution in [0.25, 0.3) is 0 Å². The maximum absolute atomic E-state index is 12.1. The molecule has 6 nitrogen and oxygen atoms in total. The molecule has 2 rings (SSSR count). The predicted octanol–water partition coefficient (Wildman–Crippen LogP) is 1.89. The van der Waals surface area contributed by atoms with Crippen LogP contribution in [0.3, 0.4) is 0 Å². The van der Waals surface area contributed by atoms with Crippen molar-refractivity contribution in [2.45, 2.75) is 51.0 Å². The fourth-order valence-corrected chi connectivity index (χ4v) is 2.51. The van der Waals surface area contributed by atoms with Crippen molar-refractivity contribution < 1.29 is 19.2 Å². The Labute approximate surface area is 111 Å². The molecule has 1 aliphatic rings. The van der Waals surface area contributed by atoms with Gasteiger partial charge >= 0.3 is 5.97 Å². The first-order chi connectivity index (χ1) is 9.05. The number of amides is 1. The Kier molecular flexibility index (Phi) is 3.87. The molecule has 19 heavy (non-hydrogen) atoms. The number of nitrogens with zero attached hydrogens (tertiary/aromatic N) is 1. The molecule has 1 aromatic heterocycles. The van der Waals surface area contributed by atoms with Gasteiger partial charge in [0.05, 0.1) is 6.20 Å². The summed E-state index contributed by atoms with van der Waals surface area (Å²) in [6.07, 6.45) is 5.99. The van der Waals surface area contributed by atoms with E-state index in [0.717, 1.165) is 25.7 Å². The zero-order valence-corrected chi connectivity index (χ0v) is 10.9. The molecule has 0 bridgehead atoms. The van der Waals surface area contributed by atoms with Crippen LogP contribution in [0, 0.1) is 6.92 Å². The molecule has 6 heteroatoms. The standard InChI is InChI=1S/C13H18N2O4/c1-9-8-14-19-10(9)11(16)15-13(12(17)18)6-4-2-3-5-7-13/h8H,2-7H2,1H3,(H,15,16)(H,17,18). The molecule has 1 aromatic rings. The van der Waals surface area contributed by atoms with Crippen molar-refractivity contribution in [3.05, 3.63) is 17.5 Å². The molecule has 0 radical (unpaired) electrons. The summed E-state index contributed by atoms with van der Waals surface area (Å²) in [5, 5.41) is 15.7. The highest BCUT2D eigenvalue weighted by Crippen LogP contribution is 2.28. The molecular formula is C13H18N2O4. The monoisotopic (exact) mass is 266 g/mol. The average molecular weight is 266 g/mol. The van der Waals surface area contributed by atoms with Gasteiger partial charge in [0.1, 0.15) is 5.54 Å². The van der Waals surface area contributed by atoms with Crippen LogP contribution in [-0.4, -0.2) is 27.7 Å². The fourth-order valence-electron chi connectivity index (χ4n) is 2.51. The van der Waals surface area contributed by atoms with Gasteiger partial charge < -0.3 is 14.9 Å². The summed E-state index contributed by atoms with van der Waals surface area (Å²) in [7, 11) is 0. The quantitative estimate of drug-likeness (QED) is 0.815. The maximum Gasteiger partial charge on any atom is 0.329 e. The van der Waals surface area contributed by atoms with Crippen molar-refractivity contribution in [1.29, 1.82) is 0 Å². The molecule has 0 aromatic carbocycles. The van der Waals surface area contributed by atoms with Gasteiger partial charge in [0.2, 0.25) is 5.76 Å². The van der Waals surface area contributed by atoms with Crippen molar-refractivity contribution in [1.82, 2.24) is 10.5 Å². The highest BCUT2D eigenvalue weighted by atomic mass is 16.5. The third-order valence-corrected chi connectivity index (χ3v) is 3.67. The molecular weight excluding hydrogens is 248 g/mol. The molecule has 0 saturated heterocycles. The molecule has 0 atom stereocenters. The lowest BCUT2D eigenvalue weighted by Crippen LogP contribution is -2.54. The number of hydrogen-bond donors (Lipinski definition) is 2. The minimum absolute atomic E-state index is 0.0878. The van der Waals surface area contributed by atoms with Gasteiger partial charge in [-0.25, -0.2) is 4.79 Å². The fraction of sp³-hybridized carbons (Fsp3) is 0.615. The molecule has 1 heterocycles. The van der Waals surface area contributed by atoms with Gasteiger partial charge in [-0.3, -0.25) is 4.79 Å². The number of aromatic nitrogens is 1. The van der Waals surface area contributed by atoms with Crippen molar-refractivity contribution in [2.24, 2.45) is 0 Å². The van der Waals surface area contributed by atoms with E-state index in [1.807, 2.05) is 0 Å². The van der Waals surface area contributed by atoms with Crippen molar-refractivity contribution >= 4 is 11.9 Å². The Balaban J connectivity index is 2.19. The largest absolute Gasteiger partial charge is 0.480 e. The molecule has 0 unspecified atom stereocenters. The van der Waals surface area contributed by atoms with Crippen LogP contribution >= 0.6 is 0 Å². The first-order valence-corrected chi connectivity index (χ1v) is 6.52. The van der Waals surface area contributed by atoms with E-state index in [9.17, 15) is 14.7 Å². The Morgan fingerprint density at radius 2 is 1.95 bits per heavy atom. The van der Waals surface area contributed by atoms with Crippen LogP contribution in [0.5, 0.6) is 0 Å². The van der Waals surface area contributed by atoms with Gasteiger partial charge in [0, 0.05) is 5.56 Å². The Bertz CT molecular complexity index is 473. The summed E-state index contributed by atoms with van der Waals surface area (Å²) >= 11 is 0. The van der Waals surface area contributed by atoms with E-state index in [1.165, 1.54) is 6.20 Å². The summed E-state index contributed by atoms with van der Waals surface area (Å²) in [4.78, 5) is 23.7. The maximum atomic E-state index is 12.1.